The highest BCUT2D eigenvalue weighted by Crippen LogP contribution is 2.30. The lowest BCUT2D eigenvalue weighted by Crippen LogP contribution is -2.05. The first-order valence-electron chi connectivity index (χ1n) is 7.03. The van der Waals surface area contributed by atoms with E-state index in [9.17, 15) is 8.42 Å². The maximum atomic E-state index is 12.6. The number of benzene rings is 2. The molecule has 2 aromatic rings. The van der Waals surface area contributed by atoms with Crippen molar-refractivity contribution in [3.05, 3.63) is 48.0 Å². The van der Waals surface area contributed by atoms with Crippen LogP contribution in [0.3, 0.4) is 0 Å². The van der Waals surface area contributed by atoms with Crippen LogP contribution in [0.4, 0.5) is 0 Å². The molecule has 0 aliphatic heterocycles. The van der Waals surface area contributed by atoms with Gasteiger partial charge in [-0.05, 0) is 43.3 Å². The van der Waals surface area contributed by atoms with Gasteiger partial charge in [0.2, 0.25) is 9.84 Å². The molecule has 4 nitrogen and oxygen atoms in total. The Balaban J connectivity index is 0.00000116. The highest BCUT2D eigenvalue weighted by atomic mass is 32.2. The number of sulfone groups is 1. The van der Waals surface area contributed by atoms with E-state index in [-0.39, 0.29) is 9.79 Å². The summed E-state index contributed by atoms with van der Waals surface area (Å²) in [6, 6.07) is 11.3. The van der Waals surface area contributed by atoms with E-state index in [0.29, 0.717) is 17.1 Å². The van der Waals surface area contributed by atoms with Gasteiger partial charge in [-0.1, -0.05) is 19.9 Å². The Labute approximate surface area is 132 Å². The first-order chi connectivity index (χ1) is 10.5. The van der Waals surface area contributed by atoms with E-state index in [0.717, 1.165) is 0 Å². The fraction of sp³-hybridized carbons (Fsp3) is 0.294. The summed E-state index contributed by atoms with van der Waals surface area (Å²) in [7, 11) is -0.505. The number of ether oxygens (including phenoxy) is 2. The highest BCUT2D eigenvalue weighted by molar-refractivity contribution is 7.91. The van der Waals surface area contributed by atoms with Crippen LogP contribution in [0.2, 0.25) is 0 Å². The standard InChI is InChI=1S/C15H16O4S.C2H6/c1-11-14(19-3)5-4-6-15(11)20(16,17)13-9-7-12(18-2)8-10-13;1-2/h4-10H,1-3H3;1-2H3. The molecule has 22 heavy (non-hydrogen) atoms. The fourth-order valence-corrected chi connectivity index (χ4v) is 3.50. The van der Waals surface area contributed by atoms with Crippen LogP contribution in [0.5, 0.6) is 11.5 Å². The maximum Gasteiger partial charge on any atom is 0.206 e. The molecule has 0 fully saturated rings. The average Bonchev–Trinajstić information content (AvgIpc) is 2.56. The second kappa shape index (κ2) is 7.84. The van der Waals surface area contributed by atoms with Gasteiger partial charge in [-0.25, -0.2) is 8.42 Å². The fourth-order valence-electron chi connectivity index (χ4n) is 1.99. The van der Waals surface area contributed by atoms with Crippen LogP contribution >= 0.6 is 0 Å². The van der Waals surface area contributed by atoms with Gasteiger partial charge in [0.25, 0.3) is 0 Å². The Kier molecular flexibility index (Phi) is 6.43. The van der Waals surface area contributed by atoms with Crippen molar-refractivity contribution in [3.63, 3.8) is 0 Å². The Hall–Kier alpha value is -2.01. The SMILES string of the molecule is CC.COc1ccc(S(=O)(=O)c2cccc(OC)c2C)cc1. The molecule has 0 saturated carbocycles. The molecule has 120 valence electrons. The van der Waals surface area contributed by atoms with Crippen molar-refractivity contribution in [1.29, 1.82) is 0 Å². The van der Waals surface area contributed by atoms with E-state index < -0.39 is 9.84 Å². The van der Waals surface area contributed by atoms with Crippen LogP contribution in [0.1, 0.15) is 19.4 Å². The van der Waals surface area contributed by atoms with E-state index in [1.54, 1.807) is 37.3 Å². The minimum atomic E-state index is -3.56. The summed E-state index contributed by atoms with van der Waals surface area (Å²) < 4.78 is 35.5. The molecule has 0 aromatic heterocycles. The van der Waals surface area contributed by atoms with Crippen LogP contribution in [-0.4, -0.2) is 22.6 Å². The Bertz CT molecular complexity index is 704. The second-order valence-electron chi connectivity index (χ2n) is 4.26. The zero-order chi connectivity index (χ0) is 16.8. The molecule has 0 aliphatic rings. The van der Waals surface area contributed by atoms with Crippen LogP contribution in [0.25, 0.3) is 0 Å². The number of rotatable bonds is 4. The van der Waals surface area contributed by atoms with Crippen molar-refractivity contribution in [2.45, 2.75) is 30.6 Å². The van der Waals surface area contributed by atoms with Crippen molar-refractivity contribution < 1.29 is 17.9 Å². The van der Waals surface area contributed by atoms with E-state index in [4.69, 9.17) is 9.47 Å². The molecular formula is C17H22O4S. The Morgan fingerprint density at radius 2 is 1.45 bits per heavy atom. The van der Waals surface area contributed by atoms with Crippen molar-refractivity contribution >= 4 is 9.84 Å². The molecule has 5 heteroatoms. The number of hydrogen-bond donors (Lipinski definition) is 0. The quantitative estimate of drug-likeness (QED) is 0.857. The van der Waals surface area contributed by atoms with Crippen LogP contribution < -0.4 is 9.47 Å². The number of methoxy groups -OCH3 is 2. The highest BCUT2D eigenvalue weighted by Gasteiger charge is 2.21. The molecule has 0 bridgehead atoms. The van der Waals surface area contributed by atoms with Crippen LogP contribution in [0.15, 0.2) is 52.3 Å². The van der Waals surface area contributed by atoms with Crippen molar-refractivity contribution in [1.82, 2.24) is 0 Å². The van der Waals surface area contributed by atoms with Gasteiger partial charge in [-0.2, -0.15) is 0 Å². The van der Waals surface area contributed by atoms with E-state index in [1.165, 1.54) is 26.4 Å². The largest absolute Gasteiger partial charge is 0.497 e. The van der Waals surface area contributed by atoms with Gasteiger partial charge in [0.1, 0.15) is 11.5 Å². The van der Waals surface area contributed by atoms with Crippen LogP contribution in [0, 0.1) is 6.92 Å². The molecule has 2 rings (SSSR count). The average molecular weight is 322 g/mol. The second-order valence-corrected chi connectivity index (χ2v) is 6.18. The third-order valence-corrected chi connectivity index (χ3v) is 5.03. The topological polar surface area (TPSA) is 52.6 Å². The summed E-state index contributed by atoms with van der Waals surface area (Å²) in [4.78, 5) is 0.483. The zero-order valence-corrected chi connectivity index (χ0v) is 14.4. The Morgan fingerprint density at radius 3 is 1.95 bits per heavy atom. The minimum Gasteiger partial charge on any atom is -0.497 e. The third kappa shape index (κ3) is 3.60. The van der Waals surface area contributed by atoms with E-state index >= 15 is 0 Å². The number of hydrogen-bond acceptors (Lipinski definition) is 4. The third-order valence-electron chi connectivity index (χ3n) is 3.11. The van der Waals surface area contributed by atoms with Crippen molar-refractivity contribution in [2.75, 3.05) is 14.2 Å². The van der Waals surface area contributed by atoms with Gasteiger partial charge in [0, 0.05) is 5.56 Å². The molecule has 0 aliphatic carbocycles. The summed E-state index contributed by atoms with van der Waals surface area (Å²) in [5, 5.41) is 0. The molecular weight excluding hydrogens is 300 g/mol. The lowest BCUT2D eigenvalue weighted by atomic mass is 10.2. The lowest BCUT2D eigenvalue weighted by molar-refractivity contribution is 0.410. The summed E-state index contributed by atoms with van der Waals surface area (Å²) >= 11 is 0. The van der Waals surface area contributed by atoms with Gasteiger partial charge in [-0.3, -0.25) is 0 Å². The molecule has 0 radical (unpaired) electrons. The summed E-state index contributed by atoms with van der Waals surface area (Å²) in [6.07, 6.45) is 0. The van der Waals surface area contributed by atoms with Gasteiger partial charge in [0.15, 0.2) is 0 Å². The normalized spacial score (nSPS) is 10.4. The minimum absolute atomic E-state index is 0.231. The molecule has 0 spiro atoms. The summed E-state index contributed by atoms with van der Waals surface area (Å²) in [6.45, 7) is 5.73. The van der Waals surface area contributed by atoms with Gasteiger partial charge in [0.05, 0.1) is 24.0 Å². The Morgan fingerprint density at radius 1 is 0.864 bits per heavy atom. The van der Waals surface area contributed by atoms with Gasteiger partial charge >= 0.3 is 0 Å². The molecule has 0 heterocycles. The monoisotopic (exact) mass is 322 g/mol. The maximum absolute atomic E-state index is 12.6. The first kappa shape index (κ1) is 18.0. The zero-order valence-electron chi connectivity index (χ0n) is 13.6. The van der Waals surface area contributed by atoms with Crippen LogP contribution in [-0.2, 0) is 9.84 Å². The molecule has 0 N–H and O–H groups in total. The summed E-state index contributed by atoms with van der Waals surface area (Å²) in [5.41, 5.74) is 0.603. The molecule has 0 amide bonds. The van der Waals surface area contributed by atoms with Gasteiger partial charge < -0.3 is 9.47 Å². The smallest absolute Gasteiger partial charge is 0.206 e. The predicted octanol–water partition coefficient (Wildman–Crippen LogP) is 3.87. The molecule has 2 aromatic carbocycles. The van der Waals surface area contributed by atoms with E-state index in [2.05, 4.69) is 0 Å². The van der Waals surface area contributed by atoms with E-state index in [1.807, 2.05) is 13.8 Å². The summed E-state index contributed by atoms with van der Waals surface area (Å²) in [5.74, 6) is 1.17. The first-order valence-corrected chi connectivity index (χ1v) is 8.51. The predicted molar refractivity (Wildman–Crippen MR) is 87.5 cm³/mol. The van der Waals surface area contributed by atoms with Crippen molar-refractivity contribution in [3.8, 4) is 11.5 Å². The lowest BCUT2D eigenvalue weighted by Gasteiger charge is -2.11. The van der Waals surface area contributed by atoms with Crippen molar-refractivity contribution in [2.24, 2.45) is 0 Å². The molecule has 0 saturated heterocycles. The van der Waals surface area contributed by atoms with Gasteiger partial charge in [-0.15, -0.1) is 0 Å². The molecule has 0 atom stereocenters. The molecule has 0 unspecified atom stereocenters.